The van der Waals surface area contributed by atoms with Gasteiger partial charge in [-0.1, -0.05) is 12.1 Å². The average molecular weight is 258 g/mol. The second-order valence-corrected chi connectivity index (χ2v) is 3.46. The van der Waals surface area contributed by atoms with Crippen molar-refractivity contribution < 1.29 is 17.9 Å². The minimum Gasteiger partial charge on any atom is -0.406 e. The molecule has 4 N–H and O–H groups in total. The van der Waals surface area contributed by atoms with Crippen molar-refractivity contribution in [1.29, 1.82) is 0 Å². The molecular formula is C10H9F3N4O. The Labute approximate surface area is 99.8 Å². The van der Waals surface area contributed by atoms with Gasteiger partial charge in [-0.15, -0.1) is 13.2 Å². The minimum absolute atomic E-state index is 0.152. The molecule has 0 atom stereocenters. The van der Waals surface area contributed by atoms with Crippen molar-refractivity contribution in [1.82, 2.24) is 9.66 Å². The molecule has 0 bridgehead atoms. The number of aromatic nitrogens is 2. The van der Waals surface area contributed by atoms with Crippen LogP contribution in [0, 0.1) is 0 Å². The summed E-state index contributed by atoms with van der Waals surface area (Å²) in [5.41, 5.74) is 6.31. The lowest BCUT2D eigenvalue weighted by Crippen LogP contribution is -2.17. The summed E-state index contributed by atoms with van der Waals surface area (Å²) in [5, 5.41) is 0. The summed E-state index contributed by atoms with van der Waals surface area (Å²) in [7, 11) is 0. The number of imidazole rings is 1. The van der Waals surface area contributed by atoms with Gasteiger partial charge in [0.25, 0.3) is 0 Å². The normalized spacial score (nSPS) is 11.5. The first-order valence-corrected chi connectivity index (χ1v) is 4.81. The maximum Gasteiger partial charge on any atom is 0.573 e. The lowest BCUT2D eigenvalue weighted by atomic mass is 10.1. The zero-order valence-corrected chi connectivity index (χ0v) is 8.98. The molecule has 0 spiro atoms. The topological polar surface area (TPSA) is 79.1 Å². The molecule has 0 aliphatic carbocycles. The van der Waals surface area contributed by atoms with E-state index in [-0.39, 0.29) is 11.6 Å². The Morgan fingerprint density at radius 3 is 2.56 bits per heavy atom. The number of nitrogens with zero attached hydrogens (tertiary/aromatic N) is 2. The lowest BCUT2D eigenvalue weighted by Gasteiger charge is -2.09. The number of nitrogens with two attached hydrogens (primary N) is 2. The van der Waals surface area contributed by atoms with Crippen molar-refractivity contribution in [2.75, 3.05) is 11.6 Å². The van der Waals surface area contributed by atoms with Crippen LogP contribution in [0.4, 0.5) is 19.0 Å². The molecule has 0 aliphatic heterocycles. The molecule has 2 rings (SSSR count). The number of benzene rings is 1. The second-order valence-electron chi connectivity index (χ2n) is 3.46. The number of halogens is 3. The van der Waals surface area contributed by atoms with Crippen LogP contribution in [-0.4, -0.2) is 16.0 Å². The van der Waals surface area contributed by atoms with Crippen LogP contribution in [0.2, 0.25) is 0 Å². The van der Waals surface area contributed by atoms with Gasteiger partial charge in [-0.05, 0) is 12.1 Å². The van der Waals surface area contributed by atoms with E-state index < -0.39 is 6.36 Å². The number of hydrogen-bond acceptors (Lipinski definition) is 4. The van der Waals surface area contributed by atoms with E-state index in [9.17, 15) is 13.2 Å². The van der Waals surface area contributed by atoms with Gasteiger partial charge in [-0.25, -0.2) is 9.66 Å². The largest absolute Gasteiger partial charge is 0.573 e. The predicted molar refractivity (Wildman–Crippen MR) is 58.9 cm³/mol. The van der Waals surface area contributed by atoms with E-state index in [1.165, 1.54) is 24.5 Å². The van der Waals surface area contributed by atoms with Gasteiger partial charge in [0.15, 0.2) is 0 Å². The molecule has 8 heteroatoms. The van der Waals surface area contributed by atoms with Gasteiger partial charge in [-0.2, -0.15) is 0 Å². The molecule has 0 aliphatic rings. The summed E-state index contributed by atoms with van der Waals surface area (Å²) in [4.78, 5) is 3.90. The van der Waals surface area contributed by atoms with E-state index in [0.717, 1.165) is 4.68 Å². The maximum atomic E-state index is 12.1. The second kappa shape index (κ2) is 4.13. The molecule has 1 heterocycles. The molecule has 96 valence electrons. The summed E-state index contributed by atoms with van der Waals surface area (Å²) < 4.78 is 41.1. The van der Waals surface area contributed by atoms with Crippen molar-refractivity contribution in [2.45, 2.75) is 6.36 Å². The highest BCUT2D eigenvalue weighted by Crippen LogP contribution is 2.29. The van der Waals surface area contributed by atoms with Gasteiger partial charge in [0.05, 0.1) is 0 Å². The Bertz CT molecular complexity index is 564. The third-order valence-corrected chi connectivity index (χ3v) is 2.17. The monoisotopic (exact) mass is 258 g/mol. The first-order valence-electron chi connectivity index (χ1n) is 4.81. The smallest absolute Gasteiger partial charge is 0.406 e. The first-order chi connectivity index (χ1) is 8.37. The first kappa shape index (κ1) is 12.1. The zero-order chi connectivity index (χ0) is 13.3. The molecule has 5 nitrogen and oxygen atoms in total. The molecular weight excluding hydrogens is 249 g/mol. The van der Waals surface area contributed by atoms with Crippen molar-refractivity contribution in [3.8, 4) is 17.0 Å². The van der Waals surface area contributed by atoms with E-state index >= 15 is 0 Å². The van der Waals surface area contributed by atoms with Crippen LogP contribution < -0.4 is 16.3 Å². The summed E-state index contributed by atoms with van der Waals surface area (Å²) in [6, 6.07) is 5.34. The molecule has 2 aromatic rings. The number of anilines is 1. The zero-order valence-electron chi connectivity index (χ0n) is 8.98. The van der Waals surface area contributed by atoms with Crippen LogP contribution in [0.15, 0.2) is 30.6 Å². The maximum absolute atomic E-state index is 12.1. The average Bonchev–Trinajstić information content (AvgIpc) is 2.58. The van der Waals surface area contributed by atoms with Crippen LogP contribution in [0.1, 0.15) is 0 Å². The molecule has 0 fully saturated rings. The molecule has 0 saturated carbocycles. The number of ether oxygens (including phenoxy) is 1. The molecule has 1 aromatic heterocycles. The van der Waals surface area contributed by atoms with E-state index in [0.29, 0.717) is 11.3 Å². The van der Waals surface area contributed by atoms with Crippen LogP contribution >= 0.6 is 0 Å². The minimum atomic E-state index is -4.74. The quantitative estimate of drug-likeness (QED) is 0.804. The Hall–Kier alpha value is -2.38. The van der Waals surface area contributed by atoms with Crippen molar-refractivity contribution in [2.24, 2.45) is 0 Å². The molecule has 1 aromatic carbocycles. The van der Waals surface area contributed by atoms with Gasteiger partial charge >= 0.3 is 6.36 Å². The Balaban J connectivity index is 2.36. The van der Waals surface area contributed by atoms with Crippen LogP contribution in [0.3, 0.4) is 0 Å². The third-order valence-electron chi connectivity index (χ3n) is 2.17. The van der Waals surface area contributed by atoms with E-state index in [1.807, 2.05) is 0 Å². The summed E-state index contributed by atoms with van der Waals surface area (Å²) in [6.45, 7) is 0. The molecule has 0 radical (unpaired) electrons. The van der Waals surface area contributed by atoms with Gasteiger partial charge in [0.2, 0.25) is 0 Å². The number of rotatable bonds is 2. The van der Waals surface area contributed by atoms with Gasteiger partial charge in [0.1, 0.15) is 23.6 Å². The number of hydrogen-bond donors (Lipinski definition) is 2. The SMILES string of the molecule is Nc1c(-c2cccc(OC(F)(F)F)c2)ncn1N. The van der Waals surface area contributed by atoms with Crippen molar-refractivity contribution in [3.05, 3.63) is 30.6 Å². The number of alkyl halides is 3. The van der Waals surface area contributed by atoms with Crippen molar-refractivity contribution >= 4 is 5.82 Å². The standard InChI is InChI=1S/C10H9F3N4O/c11-10(12,13)18-7-3-1-2-6(4-7)8-9(14)17(15)5-16-8/h1-5H,14-15H2. The molecule has 0 amide bonds. The Kier molecular flexibility index (Phi) is 2.77. The Morgan fingerprint density at radius 1 is 1.28 bits per heavy atom. The highest BCUT2D eigenvalue weighted by atomic mass is 19.4. The van der Waals surface area contributed by atoms with Crippen LogP contribution in [0.25, 0.3) is 11.3 Å². The summed E-state index contributed by atoms with van der Waals surface area (Å²) >= 11 is 0. The van der Waals surface area contributed by atoms with Crippen molar-refractivity contribution in [3.63, 3.8) is 0 Å². The van der Waals surface area contributed by atoms with E-state index in [4.69, 9.17) is 11.6 Å². The summed E-state index contributed by atoms with van der Waals surface area (Å²) in [5.74, 6) is 5.25. The van der Waals surface area contributed by atoms with Crippen LogP contribution in [0.5, 0.6) is 5.75 Å². The highest BCUT2D eigenvalue weighted by Gasteiger charge is 2.31. The lowest BCUT2D eigenvalue weighted by molar-refractivity contribution is -0.274. The van der Waals surface area contributed by atoms with Gasteiger partial charge < -0.3 is 16.3 Å². The highest BCUT2D eigenvalue weighted by molar-refractivity contribution is 5.71. The summed E-state index contributed by atoms with van der Waals surface area (Å²) in [6.07, 6.45) is -3.47. The van der Waals surface area contributed by atoms with Crippen LogP contribution in [-0.2, 0) is 0 Å². The third kappa shape index (κ3) is 2.47. The molecule has 0 unspecified atom stereocenters. The van der Waals surface area contributed by atoms with Gasteiger partial charge in [-0.3, -0.25) is 0 Å². The molecule has 0 saturated heterocycles. The van der Waals surface area contributed by atoms with E-state index in [2.05, 4.69) is 9.72 Å². The predicted octanol–water partition coefficient (Wildman–Crippen LogP) is 1.74. The fraction of sp³-hybridized carbons (Fsp3) is 0.100. The fourth-order valence-corrected chi connectivity index (χ4v) is 1.43. The number of nitrogen functional groups attached to an aromatic ring is 2. The van der Waals surface area contributed by atoms with Gasteiger partial charge in [0, 0.05) is 5.56 Å². The molecule has 18 heavy (non-hydrogen) atoms. The van der Waals surface area contributed by atoms with E-state index in [1.54, 1.807) is 6.07 Å². The fourth-order valence-electron chi connectivity index (χ4n) is 1.43. The Morgan fingerprint density at radius 2 is 2.00 bits per heavy atom.